The van der Waals surface area contributed by atoms with Crippen molar-refractivity contribution in [1.29, 1.82) is 0 Å². The molecule has 9 nitrogen and oxygen atoms in total. The van der Waals surface area contributed by atoms with Gasteiger partial charge in [0.05, 0.1) is 24.1 Å². The highest BCUT2D eigenvalue weighted by Gasteiger charge is 2.75. The Kier molecular flexibility index (Phi) is 6.83. The molecule has 42 heavy (non-hydrogen) atoms. The molecule has 3 fully saturated rings. The van der Waals surface area contributed by atoms with Crippen LogP contribution < -0.4 is 9.64 Å². The first kappa shape index (κ1) is 28.6. The number of aliphatic hydroxyl groups excluding tert-OH is 1. The van der Waals surface area contributed by atoms with Gasteiger partial charge < -0.3 is 9.84 Å². The second-order valence-electron chi connectivity index (χ2n) is 11.3. The average Bonchev–Trinajstić information content (AvgIpc) is 3.31. The topological polar surface area (TPSA) is 121 Å². The van der Waals surface area contributed by atoms with Gasteiger partial charge in [0, 0.05) is 18.5 Å². The Bertz CT molecular complexity index is 1560. The number of benzene rings is 2. The summed E-state index contributed by atoms with van der Waals surface area (Å²) in [6.45, 7) is 1.38. The molecule has 0 unspecified atom stereocenters. The third kappa shape index (κ3) is 3.83. The van der Waals surface area contributed by atoms with Crippen molar-refractivity contribution in [2.24, 2.45) is 17.8 Å². The van der Waals surface area contributed by atoms with Crippen molar-refractivity contribution in [3.63, 3.8) is 0 Å². The second kappa shape index (κ2) is 10.0. The fourth-order valence-corrected chi connectivity index (χ4v) is 8.16. The van der Waals surface area contributed by atoms with Crippen LogP contribution in [0.25, 0.3) is 0 Å². The number of amides is 4. The van der Waals surface area contributed by atoms with E-state index in [9.17, 15) is 24.0 Å². The van der Waals surface area contributed by atoms with Crippen LogP contribution in [0.1, 0.15) is 41.6 Å². The molecule has 2 heterocycles. The molecule has 4 aliphatic rings. The molecule has 2 aromatic rings. The summed E-state index contributed by atoms with van der Waals surface area (Å²) in [5.41, 5.74) is 2.11. The maximum atomic E-state index is 14.0. The first-order valence-electron chi connectivity index (χ1n) is 13.7. The van der Waals surface area contributed by atoms with Gasteiger partial charge in [-0.15, -0.1) is 23.2 Å². The van der Waals surface area contributed by atoms with Crippen LogP contribution in [0.3, 0.4) is 0 Å². The molecule has 2 aliphatic heterocycles. The Hall–Kier alpha value is -3.53. The molecule has 2 aromatic carbocycles. The number of ether oxygens (including phenoxy) is 1. The highest BCUT2D eigenvalue weighted by molar-refractivity contribution is 6.53. The first-order valence-corrected chi connectivity index (χ1v) is 14.4. The lowest BCUT2D eigenvalue weighted by molar-refractivity contribution is -0.138. The zero-order valence-electron chi connectivity index (χ0n) is 22.9. The molecule has 218 valence electrons. The number of anilines is 1. The Morgan fingerprint density at radius 3 is 2.26 bits per heavy atom. The number of fused-ring (bicyclic) bond motifs is 4. The van der Waals surface area contributed by atoms with Crippen molar-refractivity contribution >= 4 is 58.3 Å². The van der Waals surface area contributed by atoms with E-state index in [1.54, 1.807) is 48.5 Å². The predicted octanol–water partition coefficient (Wildman–Crippen LogP) is 3.45. The number of imide groups is 2. The number of carbonyl (C=O) groups excluding carboxylic acids is 5. The molecule has 2 aliphatic carbocycles. The minimum Gasteiger partial charge on any atom is -0.491 e. The third-order valence-corrected chi connectivity index (χ3v) is 10.5. The Labute approximate surface area is 252 Å². The third-order valence-electron chi connectivity index (χ3n) is 9.12. The van der Waals surface area contributed by atoms with Gasteiger partial charge in [0.15, 0.2) is 15.5 Å². The lowest BCUT2D eigenvalue weighted by Crippen LogP contribution is -2.60. The number of hydrogen-bond donors (Lipinski definition) is 1. The zero-order valence-corrected chi connectivity index (χ0v) is 24.4. The van der Waals surface area contributed by atoms with Gasteiger partial charge >= 0.3 is 0 Å². The van der Waals surface area contributed by atoms with Crippen molar-refractivity contribution in [3.8, 4) is 5.75 Å². The molecule has 6 atom stereocenters. The fourth-order valence-electron chi connectivity index (χ4n) is 7.14. The molecule has 1 saturated carbocycles. The minimum absolute atomic E-state index is 0.0930. The van der Waals surface area contributed by atoms with Crippen LogP contribution in [0.4, 0.5) is 5.69 Å². The number of halogens is 2. The number of aliphatic hydroxyl groups is 1. The van der Waals surface area contributed by atoms with Crippen LogP contribution in [-0.4, -0.2) is 69.4 Å². The summed E-state index contributed by atoms with van der Waals surface area (Å²) in [5.74, 6) is -4.70. The summed E-state index contributed by atoms with van der Waals surface area (Å²) < 4.78 is 5.49. The smallest absolute Gasteiger partial charge is 0.253 e. The zero-order chi connectivity index (χ0) is 30.1. The van der Waals surface area contributed by atoms with E-state index >= 15 is 0 Å². The van der Waals surface area contributed by atoms with E-state index in [1.165, 1.54) is 14.0 Å². The Morgan fingerprint density at radius 1 is 0.976 bits per heavy atom. The molecule has 0 spiro atoms. The lowest BCUT2D eigenvalue weighted by atomic mass is 9.56. The second-order valence-corrected chi connectivity index (χ2v) is 12.5. The molecule has 0 bridgehead atoms. The summed E-state index contributed by atoms with van der Waals surface area (Å²) in [4.78, 5) is 65.0. The van der Waals surface area contributed by atoms with Crippen LogP contribution in [0, 0.1) is 17.8 Å². The van der Waals surface area contributed by atoms with E-state index in [2.05, 4.69) is 0 Å². The van der Waals surface area contributed by atoms with E-state index in [1.807, 2.05) is 6.08 Å². The van der Waals surface area contributed by atoms with E-state index in [4.69, 9.17) is 33.0 Å². The van der Waals surface area contributed by atoms with E-state index < -0.39 is 51.1 Å². The number of carbonyl (C=O) groups is 5. The number of allylic oxidation sites excluding steroid dienone is 2. The SMILES string of the molecule is CC(=O)c1ccc(N2C(=O)[C@H]3[C@H](CC=C4[C@H]3C[C@@]3(Cl)C(=O)N(C)C(=O)[C@@]3(Cl)[C@H]4c3ccc(OCCO)cc3)C2=O)cc1. The first-order chi connectivity index (χ1) is 20.0. The van der Waals surface area contributed by atoms with E-state index in [0.717, 1.165) is 9.80 Å². The van der Waals surface area contributed by atoms with Crippen molar-refractivity contribution in [2.75, 3.05) is 25.2 Å². The number of likely N-dealkylation sites (tertiary alicyclic amines) is 1. The van der Waals surface area contributed by atoms with Crippen LogP contribution in [0.2, 0.25) is 0 Å². The van der Waals surface area contributed by atoms with Crippen LogP contribution in [0.15, 0.2) is 60.2 Å². The number of nitrogens with zero attached hydrogens (tertiary/aromatic N) is 2. The van der Waals surface area contributed by atoms with Crippen LogP contribution >= 0.6 is 23.2 Å². The van der Waals surface area contributed by atoms with Crippen molar-refractivity contribution in [3.05, 3.63) is 71.3 Å². The molecular formula is C31H28Cl2N2O7. The predicted molar refractivity (Wildman–Crippen MR) is 153 cm³/mol. The van der Waals surface area contributed by atoms with Gasteiger partial charge in [-0.2, -0.15) is 0 Å². The number of ketones is 1. The van der Waals surface area contributed by atoms with Gasteiger partial charge in [0.1, 0.15) is 12.4 Å². The summed E-state index contributed by atoms with van der Waals surface area (Å²) in [6, 6.07) is 13.1. The highest BCUT2D eigenvalue weighted by atomic mass is 35.5. The van der Waals surface area contributed by atoms with Gasteiger partial charge in [-0.05, 0) is 67.6 Å². The fraction of sp³-hybridized carbons (Fsp3) is 0.387. The van der Waals surface area contributed by atoms with Gasteiger partial charge in [0.2, 0.25) is 11.8 Å². The lowest BCUT2D eigenvalue weighted by Gasteiger charge is -2.50. The number of rotatable bonds is 6. The van der Waals surface area contributed by atoms with E-state index in [-0.39, 0.29) is 37.7 Å². The number of alkyl halides is 2. The molecule has 0 aromatic heterocycles. The molecule has 0 radical (unpaired) electrons. The van der Waals surface area contributed by atoms with Crippen molar-refractivity contribution in [2.45, 2.75) is 35.4 Å². The van der Waals surface area contributed by atoms with Crippen molar-refractivity contribution < 1.29 is 33.8 Å². The van der Waals surface area contributed by atoms with Gasteiger partial charge in [-0.25, -0.2) is 0 Å². The maximum absolute atomic E-state index is 14.0. The molecule has 2 saturated heterocycles. The maximum Gasteiger partial charge on any atom is 0.253 e. The van der Waals surface area contributed by atoms with Gasteiger partial charge in [-0.3, -0.25) is 33.8 Å². The highest BCUT2D eigenvalue weighted by Crippen LogP contribution is 2.65. The summed E-state index contributed by atoms with van der Waals surface area (Å²) in [5, 5.41) is 9.09. The van der Waals surface area contributed by atoms with Gasteiger partial charge in [-0.1, -0.05) is 23.8 Å². The number of Topliss-reactive ketones (excluding diaryl/α,β-unsaturated/α-hetero) is 1. The largest absolute Gasteiger partial charge is 0.491 e. The molecule has 11 heteroatoms. The summed E-state index contributed by atoms with van der Waals surface area (Å²) in [7, 11) is 1.34. The van der Waals surface area contributed by atoms with Gasteiger partial charge in [0.25, 0.3) is 11.8 Å². The molecular weight excluding hydrogens is 583 g/mol. The van der Waals surface area contributed by atoms with Crippen LogP contribution in [0.5, 0.6) is 5.75 Å². The molecule has 6 rings (SSSR count). The van der Waals surface area contributed by atoms with Crippen molar-refractivity contribution in [1.82, 2.24) is 4.90 Å². The van der Waals surface area contributed by atoms with Crippen LogP contribution in [-0.2, 0) is 19.2 Å². The summed E-state index contributed by atoms with van der Waals surface area (Å²) in [6.07, 6.45) is 2.03. The Balaban J connectivity index is 1.44. The van der Waals surface area contributed by atoms with E-state index in [0.29, 0.717) is 28.1 Å². The standard InChI is InChI=1S/C31H28Cl2N2O7/c1-16(37)17-3-7-19(8-4-17)35-26(38)22-12-11-21-23(24(22)27(35)39)15-30(32)28(40)34(2)29(41)31(30,33)25(21)18-5-9-20(10-6-18)42-14-13-36/h3-11,22-25,36H,12-15H2,1-2H3/t22-,23+,24-,25-,30+,31-/m0/s1. The Morgan fingerprint density at radius 2 is 1.64 bits per heavy atom. The normalized spacial score (nSPS) is 32.0. The minimum atomic E-state index is -1.86. The molecule has 4 amide bonds. The summed E-state index contributed by atoms with van der Waals surface area (Å²) >= 11 is 14.4. The quantitative estimate of drug-likeness (QED) is 0.230. The molecule has 1 N–H and O–H groups in total. The monoisotopic (exact) mass is 610 g/mol. The average molecular weight is 611 g/mol. The number of hydrogen-bond acceptors (Lipinski definition) is 7.